The number of H-pyrrole nitrogens is 1. The van der Waals surface area contributed by atoms with Gasteiger partial charge in [-0.05, 0) is 47.5 Å². The molecule has 2 aliphatic rings. The zero-order valence-electron chi connectivity index (χ0n) is 15.4. The summed E-state index contributed by atoms with van der Waals surface area (Å²) in [7, 11) is 0. The van der Waals surface area contributed by atoms with E-state index in [0.29, 0.717) is 28.3 Å². The minimum absolute atomic E-state index is 0.158. The average Bonchev–Trinajstić information content (AvgIpc) is 3.50. The highest BCUT2D eigenvalue weighted by Gasteiger charge is 2.39. The molecule has 2 aromatic heterocycles. The Kier molecular flexibility index (Phi) is 3.38. The van der Waals surface area contributed by atoms with E-state index in [4.69, 9.17) is 0 Å². The predicted molar refractivity (Wildman–Crippen MR) is 115 cm³/mol. The average molecular weight is 401 g/mol. The first-order chi connectivity index (χ1) is 14.1. The highest BCUT2D eigenvalue weighted by molar-refractivity contribution is 7.10. The van der Waals surface area contributed by atoms with Crippen LogP contribution in [0, 0.1) is 5.82 Å². The number of aromatic nitrogens is 2. The maximum absolute atomic E-state index is 15.3. The molecule has 6 rings (SSSR count). The third kappa shape index (κ3) is 2.36. The molecule has 1 aliphatic carbocycles. The number of pyridine rings is 1. The molecule has 0 atom stereocenters. The van der Waals surface area contributed by atoms with Gasteiger partial charge in [-0.15, -0.1) is 0 Å². The van der Waals surface area contributed by atoms with E-state index in [1.165, 1.54) is 17.6 Å². The van der Waals surface area contributed by atoms with Crippen molar-refractivity contribution in [2.45, 2.75) is 18.9 Å². The SMILES string of the molecule is C=C1c2cc(F)c(-c3cncc4ccccc34)cc2N(C2CC2)c2s[nH]c(=O)c21. The molecule has 0 bridgehead atoms. The monoisotopic (exact) mass is 401 g/mol. The van der Waals surface area contributed by atoms with Crippen molar-refractivity contribution in [2.75, 3.05) is 4.90 Å². The Labute approximate surface area is 170 Å². The summed E-state index contributed by atoms with van der Waals surface area (Å²) >= 11 is 1.33. The van der Waals surface area contributed by atoms with E-state index >= 15 is 4.39 Å². The van der Waals surface area contributed by atoms with Gasteiger partial charge in [0.1, 0.15) is 10.8 Å². The van der Waals surface area contributed by atoms with E-state index < -0.39 is 0 Å². The summed E-state index contributed by atoms with van der Waals surface area (Å²) in [5.74, 6) is -0.339. The number of halogens is 1. The van der Waals surface area contributed by atoms with E-state index in [9.17, 15) is 4.79 Å². The molecule has 1 aliphatic heterocycles. The topological polar surface area (TPSA) is 49.0 Å². The van der Waals surface area contributed by atoms with Gasteiger partial charge in [0, 0.05) is 40.5 Å². The molecule has 0 saturated heterocycles. The van der Waals surface area contributed by atoms with Crippen LogP contribution in [0.1, 0.15) is 24.0 Å². The highest BCUT2D eigenvalue weighted by Crippen LogP contribution is 2.51. The predicted octanol–water partition coefficient (Wildman–Crippen LogP) is 5.47. The van der Waals surface area contributed by atoms with E-state index in [1.807, 2.05) is 30.3 Å². The van der Waals surface area contributed by atoms with E-state index in [0.717, 1.165) is 39.9 Å². The second-order valence-corrected chi connectivity index (χ2v) is 8.35. The molecular weight excluding hydrogens is 385 g/mol. The van der Waals surface area contributed by atoms with Crippen LogP contribution in [0.5, 0.6) is 0 Å². The van der Waals surface area contributed by atoms with Crippen molar-refractivity contribution < 1.29 is 4.39 Å². The van der Waals surface area contributed by atoms with E-state index in [2.05, 4.69) is 20.8 Å². The Morgan fingerprint density at radius 3 is 2.79 bits per heavy atom. The van der Waals surface area contributed by atoms with Crippen LogP contribution in [0.2, 0.25) is 0 Å². The molecule has 0 amide bonds. The normalized spacial score (nSPS) is 15.5. The fraction of sp³-hybridized carbons (Fsp3) is 0.130. The fourth-order valence-corrected chi connectivity index (χ4v) is 5.16. The van der Waals surface area contributed by atoms with Crippen molar-refractivity contribution in [1.29, 1.82) is 0 Å². The molecular formula is C23H16FN3OS. The summed E-state index contributed by atoms with van der Waals surface area (Å²) in [4.78, 5) is 18.9. The summed E-state index contributed by atoms with van der Waals surface area (Å²) in [6.07, 6.45) is 5.61. The number of rotatable bonds is 2. The van der Waals surface area contributed by atoms with Crippen LogP contribution in [-0.2, 0) is 0 Å². The van der Waals surface area contributed by atoms with Crippen molar-refractivity contribution in [2.24, 2.45) is 0 Å². The van der Waals surface area contributed by atoms with Crippen molar-refractivity contribution >= 4 is 38.6 Å². The number of hydrogen-bond acceptors (Lipinski definition) is 4. The number of hydrogen-bond donors (Lipinski definition) is 1. The Morgan fingerprint density at radius 2 is 1.97 bits per heavy atom. The van der Waals surface area contributed by atoms with Crippen LogP contribution in [-0.4, -0.2) is 15.4 Å². The summed E-state index contributed by atoms with van der Waals surface area (Å²) in [5, 5.41) is 2.81. The summed E-state index contributed by atoms with van der Waals surface area (Å²) < 4.78 is 18.2. The van der Waals surface area contributed by atoms with Crippen LogP contribution in [0.3, 0.4) is 0 Å². The molecule has 0 unspecified atom stereocenters. The Bertz CT molecular complexity index is 1380. The maximum atomic E-state index is 15.3. The molecule has 4 nitrogen and oxygen atoms in total. The number of benzene rings is 2. The van der Waals surface area contributed by atoms with Crippen LogP contribution >= 0.6 is 11.5 Å². The fourth-order valence-electron chi connectivity index (χ4n) is 4.21. The lowest BCUT2D eigenvalue weighted by atomic mass is 9.91. The van der Waals surface area contributed by atoms with Gasteiger partial charge < -0.3 is 4.90 Å². The minimum atomic E-state index is -0.339. The molecule has 142 valence electrons. The van der Waals surface area contributed by atoms with Gasteiger partial charge >= 0.3 is 0 Å². The summed E-state index contributed by atoms with van der Waals surface area (Å²) in [5.41, 5.74) is 3.85. The van der Waals surface area contributed by atoms with Crippen LogP contribution in [0.25, 0.3) is 27.5 Å². The quantitative estimate of drug-likeness (QED) is 0.485. The van der Waals surface area contributed by atoms with Gasteiger partial charge in [0.25, 0.3) is 5.56 Å². The maximum Gasteiger partial charge on any atom is 0.268 e. The van der Waals surface area contributed by atoms with Crippen molar-refractivity contribution in [3.05, 3.63) is 82.7 Å². The second kappa shape index (κ2) is 5.87. The molecule has 4 aromatic rings. The zero-order chi connectivity index (χ0) is 19.7. The molecule has 1 fully saturated rings. The van der Waals surface area contributed by atoms with Gasteiger partial charge in [0.2, 0.25) is 0 Å². The van der Waals surface area contributed by atoms with Crippen LogP contribution in [0.4, 0.5) is 15.1 Å². The zero-order valence-corrected chi connectivity index (χ0v) is 16.2. The minimum Gasteiger partial charge on any atom is -0.328 e. The second-order valence-electron chi connectivity index (χ2n) is 7.55. The number of fused-ring (bicyclic) bond motifs is 3. The molecule has 1 N–H and O–H groups in total. The van der Waals surface area contributed by atoms with Gasteiger partial charge in [0.15, 0.2) is 0 Å². The van der Waals surface area contributed by atoms with Gasteiger partial charge in [0.05, 0.1) is 11.3 Å². The lowest BCUT2D eigenvalue weighted by Gasteiger charge is -2.32. The third-order valence-electron chi connectivity index (χ3n) is 5.74. The molecule has 6 heteroatoms. The molecule has 29 heavy (non-hydrogen) atoms. The van der Waals surface area contributed by atoms with E-state index in [1.54, 1.807) is 12.4 Å². The van der Waals surface area contributed by atoms with Crippen molar-refractivity contribution in [1.82, 2.24) is 9.36 Å². The van der Waals surface area contributed by atoms with Crippen molar-refractivity contribution in [3.63, 3.8) is 0 Å². The number of nitrogens with zero attached hydrogens (tertiary/aromatic N) is 2. The summed E-state index contributed by atoms with van der Waals surface area (Å²) in [6, 6.07) is 11.6. The van der Waals surface area contributed by atoms with Gasteiger partial charge in [-0.2, -0.15) is 0 Å². The van der Waals surface area contributed by atoms with E-state index in [-0.39, 0.29) is 11.4 Å². The molecule has 0 spiro atoms. The van der Waals surface area contributed by atoms with Gasteiger partial charge in [-0.25, -0.2) is 4.39 Å². The Morgan fingerprint density at radius 1 is 1.14 bits per heavy atom. The number of nitrogens with one attached hydrogen (secondary N) is 1. The first-order valence-electron chi connectivity index (χ1n) is 9.50. The molecule has 3 heterocycles. The summed E-state index contributed by atoms with van der Waals surface area (Å²) in [6.45, 7) is 4.12. The molecule has 1 saturated carbocycles. The van der Waals surface area contributed by atoms with Gasteiger partial charge in [-0.3, -0.25) is 14.2 Å². The molecule has 0 radical (unpaired) electrons. The van der Waals surface area contributed by atoms with Crippen LogP contribution in [0.15, 0.2) is 60.2 Å². The largest absolute Gasteiger partial charge is 0.328 e. The van der Waals surface area contributed by atoms with Gasteiger partial charge in [-0.1, -0.05) is 30.8 Å². The first-order valence-corrected chi connectivity index (χ1v) is 10.3. The lowest BCUT2D eigenvalue weighted by Crippen LogP contribution is -2.25. The van der Waals surface area contributed by atoms with Crippen LogP contribution < -0.4 is 10.5 Å². The third-order valence-corrected chi connectivity index (χ3v) is 6.62. The number of aromatic amines is 1. The molecule has 2 aromatic carbocycles. The first kappa shape index (κ1) is 16.7. The Hall–Kier alpha value is -3.25. The Balaban J connectivity index is 1.63. The smallest absolute Gasteiger partial charge is 0.268 e. The number of anilines is 2. The standard InChI is InChI=1S/C23H16FN3OS/c1-12-16-8-19(24)17(18-11-25-10-13-4-2-3-5-15(13)18)9-20(16)27(14-6-7-14)23-21(12)22(28)26-29-23/h2-5,8-11,14H,1,6-7H2,(H,26,28). The van der Waals surface area contributed by atoms with Crippen molar-refractivity contribution in [3.8, 4) is 11.1 Å². The lowest BCUT2D eigenvalue weighted by molar-refractivity contribution is 0.630. The highest BCUT2D eigenvalue weighted by atomic mass is 32.1.